The summed E-state index contributed by atoms with van der Waals surface area (Å²) in [5.41, 5.74) is 3.96. The van der Waals surface area contributed by atoms with E-state index >= 15 is 0 Å². The predicted molar refractivity (Wildman–Crippen MR) is 185 cm³/mol. The van der Waals surface area contributed by atoms with Crippen molar-refractivity contribution < 1.29 is 25.9 Å². The van der Waals surface area contributed by atoms with Crippen LogP contribution in [0.4, 0.5) is 0 Å². The second-order valence-electron chi connectivity index (χ2n) is 12.0. The average Bonchev–Trinajstić information content (AvgIpc) is 3.05. The van der Waals surface area contributed by atoms with Crippen LogP contribution in [0.5, 0.6) is 0 Å². The highest BCUT2D eigenvalue weighted by atomic mass is 32.2. The van der Waals surface area contributed by atoms with Gasteiger partial charge in [-0.05, 0) is 58.4 Å². The molecule has 0 saturated carbocycles. The average molecular weight is 685 g/mol. The summed E-state index contributed by atoms with van der Waals surface area (Å²) in [7, 11) is -9.70. The minimum absolute atomic E-state index is 0.0241. The molecule has 8 N–H and O–H groups in total. The van der Waals surface area contributed by atoms with Gasteiger partial charge in [0.2, 0.25) is 0 Å². The zero-order chi connectivity index (χ0) is 34.8. The quantitative estimate of drug-likeness (QED) is 0.0999. The summed E-state index contributed by atoms with van der Waals surface area (Å²) in [5.74, 6) is 11.2. The highest BCUT2D eigenvalue weighted by Gasteiger charge is 2.54. The summed E-state index contributed by atoms with van der Waals surface area (Å²) in [6, 6.07) is 23.0. The van der Waals surface area contributed by atoms with E-state index in [1.807, 2.05) is 0 Å². The SMILES string of the molecule is Cc1cc(-c2ccc(C3(S(=O)(=O)O)CC(=NN)C(=N)c4ccccc43)c(C)c2)ccc1C1(S(=O)(=O)O)CC(=NN)C(=N)c2ccccc21. The Kier molecular flexibility index (Phi) is 7.75. The van der Waals surface area contributed by atoms with Crippen LogP contribution in [0.1, 0.15) is 57.3 Å². The Hall–Kier alpha value is -5.02. The van der Waals surface area contributed by atoms with E-state index in [0.717, 1.165) is 0 Å². The van der Waals surface area contributed by atoms with E-state index in [0.29, 0.717) is 22.3 Å². The molecule has 0 aliphatic heterocycles. The number of nitrogens with one attached hydrogen (secondary N) is 2. The third-order valence-electron chi connectivity index (χ3n) is 9.52. The molecule has 246 valence electrons. The first kappa shape index (κ1) is 32.9. The molecule has 2 aliphatic rings. The minimum Gasteiger partial charge on any atom is -0.323 e. The van der Waals surface area contributed by atoms with Crippen LogP contribution in [0.3, 0.4) is 0 Å². The van der Waals surface area contributed by atoms with Gasteiger partial charge in [0.1, 0.15) is 0 Å². The highest BCUT2D eigenvalue weighted by molar-refractivity contribution is 7.87. The molecule has 0 amide bonds. The minimum atomic E-state index is -4.85. The molecule has 4 aromatic carbocycles. The molecule has 0 radical (unpaired) electrons. The summed E-state index contributed by atoms with van der Waals surface area (Å²) in [4.78, 5) is 0. The molecular weight excluding hydrogens is 653 g/mol. The van der Waals surface area contributed by atoms with Gasteiger partial charge in [0.05, 0.1) is 22.8 Å². The van der Waals surface area contributed by atoms with Crippen molar-refractivity contribution in [3.05, 3.63) is 129 Å². The number of nitrogens with two attached hydrogens (primary N) is 2. The Morgan fingerprint density at radius 2 is 0.958 bits per heavy atom. The molecular formula is C34H32N6O6S2. The summed E-state index contributed by atoms with van der Waals surface area (Å²) in [6.45, 7) is 3.42. The maximum absolute atomic E-state index is 13.3. The standard InChI is InChI=1S/C34H32N6O6S2/c1-19-15-21(11-13-25(19)33(47(41,42)43)17-29(39-37)31(35)23-7-3-5-9-27(23)33)22-12-14-26(20(2)16-22)34(48(44,45)46)18-30(40-38)32(36)24-8-4-6-10-28(24)34/h3-16,35-36H,17-18,37-38H2,1-2H3,(H,41,42,43)(H,44,45,46). The molecule has 0 saturated heterocycles. The van der Waals surface area contributed by atoms with Gasteiger partial charge in [-0.25, -0.2) is 0 Å². The van der Waals surface area contributed by atoms with Crippen LogP contribution >= 0.6 is 0 Å². The fraction of sp³-hybridized carbons (Fsp3) is 0.176. The van der Waals surface area contributed by atoms with Gasteiger partial charge >= 0.3 is 0 Å². The molecule has 6 rings (SSSR count). The van der Waals surface area contributed by atoms with Crippen LogP contribution in [-0.2, 0) is 29.7 Å². The van der Waals surface area contributed by atoms with Gasteiger partial charge in [-0.3, -0.25) is 19.9 Å². The third kappa shape index (κ3) is 4.63. The zero-order valence-electron chi connectivity index (χ0n) is 25.9. The van der Waals surface area contributed by atoms with Crippen LogP contribution in [0, 0.1) is 24.7 Å². The number of benzene rings is 4. The van der Waals surface area contributed by atoms with Crippen molar-refractivity contribution in [1.29, 1.82) is 10.8 Å². The summed E-state index contributed by atoms with van der Waals surface area (Å²) < 4.78 is 71.0. The molecule has 0 aromatic heterocycles. The van der Waals surface area contributed by atoms with Gasteiger partial charge < -0.3 is 11.7 Å². The number of rotatable bonds is 5. The number of hydrogen-bond acceptors (Lipinski definition) is 10. The molecule has 2 aliphatic carbocycles. The first-order valence-corrected chi connectivity index (χ1v) is 17.6. The molecule has 14 heteroatoms. The van der Waals surface area contributed by atoms with Crippen molar-refractivity contribution in [3.8, 4) is 11.1 Å². The Bertz CT molecular complexity index is 2190. The Morgan fingerprint density at radius 3 is 1.27 bits per heavy atom. The molecule has 0 spiro atoms. The van der Waals surface area contributed by atoms with Gasteiger partial charge in [0.15, 0.2) is 9.49 Å². The maximum Gasteiger partial charge on any atom is 0.279 e. The lowest BCUT2D eigenvalue weighted by molar-refractivity contribution is 0.444. The van der Waals surface area contributed by atoms with Crippen molar-refractivity contribution in [2.75, 3.05) is 0 Å². The molecule has 0 heterocycles. The fourth-order valence-corrected chi connectivity index (χ4v) is 9.85. The van der Waals surface area contributed by atoms with Crippen LogP contribution in [-0.4, -0.2) is 48.8 Å². The Balaban J connectivity index is 1.51. The molecule has 4 aromatic rings. The monoisotopic (exact) mass is 684 g/mol. The molecule has 0 fully saturated rings. The first-order chi connectivity index (χ1) is 22.6. The number of nitrogens with zero attached hydrogens (tertiary/aromatic N) is 2. The lowest BCUT2D eigenvalue weighted by Crippen LogP contribution is -2.46. The van der Waals surface area contributed by atoms with E-state index in [-0.39, 0.29) is 69.1 Å². The van der Waals surface area contributed by atoms with Crippen LogP contribution in [0.15, 0.2) is 95.1 Å². The lowest BCUT2D eigenvalue weighted by Gasteiger charge is -2.38. The van der Waals surface area contributed by atoms with E-state index < -0.39 is 29.7 Å². The van der Waals surface area contributed by atoms with E-state index in [1.54, 1.807) is 98.8 Å². The topological polar surface area (TPSA) is 233 Å². The van der Waals surface area contributed by atoms with Crippen LogP contribution < -0.4 is 11.7 Å². The summed E-state index contributed by atoms with van der Waals surface area (Å²) >= 11 is 0. The van der Waals surface area contributed by atoms with Crippen molar-refractivity contribution in [3.63, 3.8) is 0 Å². The number of fused-ring (bicyclic) bond motifs is 2. The predicted octanol–water partition coefficient (Wildman–Crippen LogP) is 4.41. The number of hydrogen-bond donors (Lipinski definition) is 6. The largest absolute Gasteiger partial charge is 0.323 e. The lowest BCUT2D eigenvalue weighted by atomic mass is 9.74. The maximum atomic E-state index is 13.3. The van der Waals surface area contributed by atoms with Gasteiger partial charge in [-0.2, -0.15) is 27.0 Å². The molecule has 12 nitrogen and oxygen atoms in total. The zero-order valence-corrected chi connectivity index (χ0v) is 27.5. The third-order valence-corrected chi connectivity index (χ3v) is 12.5. The number of hydrazone groups is 2. The molecule has 2 atom stereocenters. The van der Waals surface area contributed by atoms with Crippen molar-refractivity contribution >= 4 is 43.1 Å². The van der Waals surface area contributed by atoms with Crippen molar-refractivity contribution in [1.82, 2.24) is 0 Å². The van der Waals surface area contributed by atoms with Gasteiger partial charge in [-0.15, -0.1) is 0 Å². The fourth-order valence-electron chi connectivity index (χ4n) is 7.29. The van der Waals surface area contributed by atoms with E-state index in [1.165, 1.54) is 0 Å². The first-order valence-electron chi connectivity index (χ1n) is 14.7. The molecule has 48 heavy (non-hydrogen) atoms. The summed E-state index contributed by atoms with van der Waals surface area (Å²) in [5, 5.41) is 24.5. The highest BCUT2D eigenvalue weighted by Crippen LogP contribution is 2.49. The second kappa shape index (κ2) is 11.3. The summed E-state index contributed by atoms with van der Waals surface area (Å²) in [6.07, 6.45) is -0.701. The van der Waals surface area contributed by atoms with E-state index in [9.17, 15) is 25.9 Å². The van der Waals surface area contributed by atoms with E-state index in [4.69, 9.17) is 22.5 Å². The molecule has 2 unspecified atom stereocenters. The van der Waals surface area contributed by atoms with Crippen LogP contribution in [0.25, 0.3) is 11.1 Å². The smallest absolute Gasteiger partial charge is 0.279 e. The van der Waals surface area contributed by atoms with Crippen molar-refractivity contribution in [2.24, 2.45) is 21.9 Å². The van der Waals surface area contributed by atoms with Crippen molar-refractivity contribution in [2.45, 2.75) is 36.2 Å². The Labute approximate surface area is 277 Å². The van der Waals surface area contributed by atoms with E-state index in [2.05, 4.69) is 10.2 Å². The molecule has 0 bridgehead atoms. The normalized spacial score (nSPS) is 22.8. The van der Waals surface area contributed by atoms with Crippen LogP contribution in [0.2, 0.25) is 0 Å². The Morgan fingerprint density at radius 1 is 0.604 bits per heavy atom. The van der Waals surface area contributed by atoms with Gasteiger partial charge in [-0.1, -0.05) is 84.9 Å². The number of aryl methyl sites for hydroxylation is 2. The van der Waals surface area contributed by atoms with Gasteiger partial charge in [0, 0.05) is 24.0 Å². The second-order valence-corrected chi connectivity index (χ2v) is 15.3. The van der Waals surface area contributed by atoms with Gasteiger partial charge in [0.25, 0.3) is 20.2 Å².